The Hall–Kier alpha value is -1.89. The largest absolute Gasteiger partial charge is 0.436 e. The smallest absolute Gasteiger partial charge is 0.364 e. The molecular weight excluding hydrogens is 425 g/mol. The molecule has 1 amide bonds. The topological polar surface area (TPSA) is 70.7 Å². The van der Waals surface area contributed by atoms with E-state index in [1.807, 2.05) is 0 Å². The number of carbonyl (C=O) groups excluding carboxylic acids is 1. The molecule has 1 aromatic rings. The van der Waals surface area contributed by atoms with Gasteiger partial charge in [-0.1, -0.05) is 11.6 Å². The van der Waals surface area contributed by atoms with E-state index in [9.17, 15) is 40.6 Å². The van der Waals surface area contributed by atoms with Gasteiger partial charge in [0.2, 0.25) is 5.72 Å². The van der Waals surface area contributed by atoms with Crippen LogP contribution in [-0.4, -0.2) is 50.1 Å². The fourth-order valence-electron chi connectivity index (χ4n) is 2.85. The van der Waals surface area contributed by atoms with Gasteiger partial charge in [-0.25, -0.2) is 17.6 Å². The third kappa shape index (κ3) is 3.56. The third-order valence-corrected chi connectivity index (χ3v) is 4.70. The van der Waals surface area contributed by atoms with Crippen molar-refractivity contribution in [1.82, 2.24) is 14.8 Å². The van der Waals surface area contributed by atoms with Gasteiger partial charge in [0.05, 0.1) is 10.7 Å². The van der Waals surface area contributed by atoms with Crippen molar-refractivity contribution in [2.24, 2.45) is 5.10 Å². The van der Waals surface area contributed by atoms with E-state index in [0.29, 0.717) is 17.5 Å². The number of amides is 1. The molecule has 2 aliphatic rings. The zero-order chi connectivity index (χ0) is 21.0. The number of hydrazone groups is 1. The standard InChI is InChI=1S/C14H12ClF7N4O2/c15-8-9(5-1-2-5)25(24-10(8)14(20,21)22)4-7(27)26-13(28,12(18)19)3-6(23-26)11(16)17/h5,11-12,28H,1-4H2/t13-/m0/s1. The van der Waals surface area contributed by atoms with E-state index in [2.05, 4.69) is 10.2 Å². The molecule has 28 heavy (non-hydrogen) atoms. The third-order valence-electron chi connectivity index (χ3n) is 4.32. The van der Waals surface area contributed by atoms with Crippen molar-refractivity contribution in [2.75, 3.05) is 0 Å². The van der Waals surface area contributed by atoms with Crippen LogP contribution in [0.4, 0.5) is 30.7 Å². The van der Waals surface area contributed by atoms with Crippen molar-refractivity contribution in [3.8, 4) is 0 Å². The van der Waals surface area contributed by atoms with Crippen molar-refractivity contribution in [3.63, 3.8) is 0 Å². The molecule has 14 heteroatoms. The monoisotopic (exact) mass is 436 g/mol. The van der Waals surface area contributed by atoms with E-state index in [1.165, 1.54) is 0 Å². The highest BCUT2D eigenvalue weighted by atomic mass is 35.5. The number of rotatable bonds is 5. The van der Waals surface area contributed by atoms with E-state index in [0.717, 1.165) is 0 Å². The normalized spacial score (nSPS) is 23.1. The molecule has 2 heterocycles. The highest BCUT2D eigenvalue weighted by molar-refractivity contribution is 6.32. The minimum absolute atomic E-state index is 0.111. The molecule has 1 aromatic heterocycles. The lowest BCUT2D eigenvalue weighted by Gasteiger charge is -2.30. The Bertz CT molecular complexity index is 821. The fourth-order valence-corrected chi connectivity index (χ4v) is 3.25. The van der Waals surface area contributed by atoms with Gasteiger partial charge in [0.15, 0.2) is 5.69 Å². The number of aliphatic hydroxyl groups is 1. The van der Waals surface area contributed by atoms with Crippen LogP contribution in [0.3, 0.4) is 0 Å². The van der Waals surface area contributed by atoms with Crippen LogP contribution in [0.2, 0.25) is 5.02 Å². The second-order valence-electron chi connectivity index (χ2n) is 6.43. The quantitative estimate of drug-likeness (QED) is 0.720. The lowest BCUT2D eigenvalue weighted by Crippen LogP contribution is -2.52. The Morgan fingerprint density at radius 1 is 1.29 bits per heavy atom. The molecule has 0 spiro atoms. The number of alkyl halides is 7. The summed E-state index contributed by atoms with van der Waals surface area (Å²) in [6, 6.07) is 0. The number of hydrogen-bond acceptors (Lipinski definition) is 4. The van der Waals surface area contributed by atoms with Crippen LogP contribution in [-0.2, 0) is 17.5 Å². The maximum absolute atomic E-state index is 13.2. The van der Waals surface area contributed by atoms with Gasteiger partial charge in [-0.3, -0.25) is 9.48 Å². The van der Waals surface area contributed by atoms with Gasteiger partial charge in [-0.2, -0.15) is 28.4 Å². The number of carbonyl (C=O) groups is 1. The van der Waals surface area contributed by atoms with Gasteiger partial charge in [-0.05, 0) is 12.8 Å². The first-order valence-corrected chi connectivity index (χ1v) is 8.26. The van der Waals surface area contributed by atoms with Crippen LogP contribution in [0.1, 0.15) is 36.6 Å². The van der Waals surface area contributed by atoms with Crippen LogP contribution >= 0.6 is 11.6 Å². The van der Waals surface area contributed by atoms with Crippen LogP contribution in [0.5, 0.6) is 0 Å². The summed E-state index contributed by atoms with van der Waals surface area (Å²) in [5.74, 6) is -1.84. The Morgan fingerprint density at radius 3 is 2.36 bits per heavy atom. The zero-order valence-electron chi connectivity index (χ0n) is 13.7. The minimum Gasteiger partial charge on any atom is -0.364 e. The molecule has 0 bridgehead atoms. The molecular formula is C14H12ClF7N4O2. The highest BCUT2D eigenvalue weighted by Gasteiger charge is 2.53. The summed E-state index contributed by atoms with van der Waals surface area (Å²) in [5.41, 5.74) is -6.04. The Labute approximate surface area is 157 Å². The Kier molecular flexibility index (Phi) is 5.11. The van der Waals surface area contributed by atoms with E-state index >= 15 is 0 Å². The van der Waals surface area contributed by atoms with Crippen molar-refractivity contribution < 1.29 is 40.6 Å². The highest BCUT2D eigenvalue weighted by Crippen LogP contribution is 2.47. The predicted molar refractivity (Wildman–Crippen MR) is 80.1 cm³/mol. The SMILES string of the molecule is O=C(Cn1nc(C(F)(F)F)c(Cl)c1C1CC1)N1N=C(C(F)F)C[C@]1(O)C(F)F. The summed E-state index contributed by atoms with van der Waals surface area (Å²) < 4.78 is 91.7. The first kappa shape index (κ1) is 20.8. The first-order valence-electron chi connectivity index (χ1n) is 7.88. The van der Waals surface area contributed by atoms with Crippen molar-refractivity contribution in [2.45, 2.75) is 56.5 Å². The molecule has 1 N–H and O–H groups in total. The fraction of sp³-hybridized carbons (Fsp3) is 0.643. The summed E-state index contributed by atoms with van der Waals surface area (Å²) >= 11 is 5.74. The molecule has 1 atom stereocenters. The molecule has 1 aliphatic carbocycles. The van der Waals surface area contributed by atoms with E-state index in [-0.39, 0.29) is 10.7 Å². The van der Waals surface area contributed by atoms with E-state index in [1.54, 1.807) is 0 Å². The van der Waals surface area contributed by atoms with Gasteiger partial charge in [-0.15, -0.1) is 0 Å². The molecule has 0 aromatic carbocycles. The maximum Gasteiger partial charge on any atom is 0.436 e. The lowest BCUT2D eigenvalue weighted by atomic mass is 10.1. The average Bonchev–Trinajstić information content (AvgIpc) is 3.23. The Balaban J connectivity index is 1.94. The van der Waals surface area contributed by atoms with Crippen LogP contribution in [0, 0.1) is 0 Å². The average molecular weight is 437 g/mol. The van der Waals surface area contributed by atoms with Gasteiger partial charge < -0.3 is 5.11 Å². The van der Waals surface area contributed by atoms with Crippen LogP contribution in [0.25, 0.3) is 0 Å². The summed E-state index contributed by atoms with van der Waals surface area (Å²) in [6.45, 7) is -1.04. The molecule has 1 fully saturated rings. The zero-order valence-corrected chi connectivity index (χ0v) is 14.5. The van der Waals surface area contributed by atoms with Crippen molar-refractivity contribution in [3.05, 3.63) is 16.4 Å². The molecule has 3 rings (SSSR count). The summed E-state index contributed by atoms with van der Waals surface area (Å²) in [6.07, 6.45) is -12.2. The second kappa shape index (κ2) is 6.87. The van der Waals surface area contributed by atoms with Crippen LogP contribution < -0.4 is 0 Å². The van der Waals surface area contributed by atoms with E-state index in [4.69, 9.17) is 11.6 Å². The van der Waals surface area contributed by atoms with Gasteiger partial charge in [0.1, 0.15) is 12.3 Å². The number of aromatic nitrogens is 2. The maximum atomic E-state index is 13.2. The molecule has 0 unspecified atom stereocenters. The lowest BCUT2D eigenvalue weighted by molar-refractivity contribution is -0.192. The first-order chi connectivity index (χ1) is 12.9. The molecule has 6 nitrogen and oxygen atoms in total. The summed E-state index contributed by atoms with van der Waals surface area (Å²) in [5, 5.41) is 15.3. The molecule has 1 saturated carbocycles. The van der Waals surface area contributed by atoms with E-state index < -0.39 is 66.0 Å². The molecule has 0 radical (unpaired) electrons. The molecule has 156 valence electrons. The predicted octanol–water partition coefficient (Wildman–Crippen LogP) is 3.24. The number of hydrogen-bond donors (Lipinski definition) is 1. The number of halogens is 8. The van der Waals surface area contributed by atoms with Gasteiger partial charge in [0.25, 0.3) is 18.8 Å². The molecule has 1 aliphatic heterocycles. The van der Waals surface area contributed by atoms with Crippen molar-refractivity contribution >= 4 is 23.2 Å². The Morgan fingerprint density at radius 2 is 1.89 bits per heavy atom. The summed E-state index contributed by atoms with van der Waals surface area (Å²) in [7, 11) is 0. The second-order valence-corrected chi connectivity index (χ2v) is 6.81. The van der Waals surface area contributed by atoms with Crippen molar-refractivity contribution in [1.29, 1.82) is 0 Å². The van der Waals surface area contributed by atoms with Gasteiger partial charge in [0, 0.05) is 12.3 Å². The van der Waals surface area contributed by atoms with Crippen LogP contribution in [0.15, 0.2) is 5.10 Å². The minimum atomic E-state index is -4.92. The molecule has 0 saturated heterocycles. The number of nitrogens with zero attached hydrogens (tertiary/aromatic N) is 4. The summed E-state index contributed by atoms with van der Waals surface area (Å²) in [4.78, 5) is 12.4. The van der Waals surface area contributed by atoms with Gasteiger partial charge >= 0.3 is 6.18 Å².